The molecule has 2 heterocycles. The van der Waals surface area contributed by atoms with Gasteiger partial charge in [0, 0.05) is 18.6 Å². The highest BCUT2D eigenvalue weighted by molar-refractivity contribution is 6.03. The van der Waals surface area contributed by atoms with Crippen LogP contribution in [0.5, 0.6) is 0 Å². The summed E-state index contributed by atoms with van der Waals surface area (Å²) in [6, 6.07) is 9.26. The third-order valence-electron chi connectivity index (χ3n) is 2.92. The Balaban J connectivity index is 1.88. The summed E-state index contributed by atoms with van der Waals surface area (Å²) in [5.74, 6) is -0.304. The Hall–Kier alpha value is -3.02. The Morgan fingerprint density at radius 3 is 2.71 bits per heavy atom. The molecule has 104 valence electrons. The number of aryl methyl sites for hydroxylation is 1. The molecule has 2 aromatic heterocycles. The van der Waals surface area contributed by atoms with Crippen LogP contribution in [0.1, 0.15) is 16.2 Å². The summed E-state index contributed by atoms with van der Waals surface area (Å²) in [5, 5.41) is 7.01. The van der Waals surface area contributed by atoms with E-state index in [4.69, 9.17) is 0 Å². The summed E-state index contributed by atoms with van der Waals surface area (Å²) in [7, 11) is 0. The first kappa shape index (κ1) is 13.0. The average molecular weight is 279 g/mol. The largest absolute Gasteiger partial charge is 0.319 e. The second kappa shape index (κ2) is 5.54. The maximum atomic E-state index is 12.2. The van der Waals surface area contributed by atoms with Gasteiger partial charge in [-0.2, -0.15) is 5.10 Å². The normalized spacial score (nSPS) is 10.3. The van der Waals surface area contributed by atoms with Gasteiger partial charge in [0.05, 0.1) is 23.3 Å². The van der Waals surface area contributed by atoms with Gasteiger partial charge in [0.2, 0.25) is 0 Å². The van der Waals surface area contributed by atoms with Gasteiger partial charge in [-0.15, -0.1) is 0 Å². The maximum Gasteiger partial charge on any atom is 0.275 e. The van der Waals surface area contributed by atoms with Crippen LogP contribution in [-0.2, 0) is 0 Å². The van der Waals surface area contributed by atoms with E-state index < -0.39 is 0 Å². The molecule has 1 amide bonds. The smallest absolute Gasteiger partial charge is 0.275 e. The zero-order valence-electron chi connectivity index (χ0n) is 11.4. The quantitative estimate of drug-likeness (QED) is 0.798. The number of aromatic nitrogens is 4. The lowest BCUT2D eigenvalue weighted by Gasteiger charge is -2.10. The number of amides is 1. The maximum absolute atomic E-state index is 12.2. The lowest BCUT2D eigenvalue weighted by Crippen LogP contribution is -2.15. The van der Waals surface area contributed by atoms with Crippen molar-refractivity contribution in [1.29, 1.82) is 0 Å². The second-order valence-electron chi connectivity index (χ2n) is 4.46. The van der Waals surface area contributed by atoms with Crippen molar-refractivity contribution >= 4 is 11.6 Å². The second-order valence-corrected chi connectivity index (χ2v) is 4.46. The molecule has 0 fully saturated rings. The Labute approximate surface area is 121 Å². The Kier molecular flexibility index (Phi) is 3.42. The van der Waals surface area contributed by atoms with Gasteiger partial charge in [-0.3, -0.25) is 9.78 Å². The number of benzene rings is 1. The molecule has 1 aromatic carbocycles. The van der Waals surface area contributed by atoms with Crippen LogP contribution in [0.4, 0.5) is 5.69 Å². The number of para-hydroxylation sites is 2. The Bertz CT molecular complexity index is 750. The van der Waals surface area contributed by atoms with Crippen LogP contribution in [0.3, 0.4) is 0 Å². The van der Waals surface area contributed by atoms with E-state index in [-0.39, 0.29) is 11.6 Å². The zero-order valence-corrected chi connectivity index (χ0v) is 11.4. The van der Waals surface area contributed by atoms with E-state index in [2.05, 4.69) is 20.4 Å². The third-order valence-corrected chi connectivity index (χ3v) is 2.92. The molecule has 1 N–H and O–H groups in total. The van der Waals surface area contributed by atoms with Crippen molar-refractivity contribution in [2.75, 3.05) is 5.32 Å². The first-order chi connectivity index (χ1) is 10.2. The Morgan fingerprint density at radius 2 is 2.00 bits per heavy atom. The fraction of sp³-hybridized carbons (Fsp3) is 0.0667. The van der Waals surface area contributed by atoms with Crippen LogP contribution in [0.2, 0.25) is 0 Å². The summed E-state index contributed by atoms with van der Waals surface area (Å²) in [5.41, 5.74) is 2.49. The van der Waals surface area contributed by atoms with Crippen LogP contribution in [0.15, 0.2) is 55.1 Å². The lowest BCUT2D eigenvalue weighted by molar-refractivity contribution is 0.102. The summed E-state index contributed by atoms with van der Waals surface area (Å²) in [6.45, 7) is 1.82. The number of rotatable bonds is 3. The van der Waals surface area contributed by atoms with Crippen molar-refractivity contribution in [2.24, 2.45) is 0 Å². The molecule has 3 aromatic rings. The number of carbonyl (C=O) groups is 1. The SMILES string of the molecule is Cc1cnc(C(=O)Nc2ccccc2-n2cccn2)cn1. The number of hydrogen-bond acceptors (Lipinski definition) is 4. The first-order valence-corrected chi connectivity index (χ1v) is 6.43. The molecule has 0 atom stereocenters. The number of anilines is 1. The Morgan fingerprint density at radius 1 is 1.14 bits per heavy atom. The van der Waals surface area contributed by atoms with Crippen LogP contribution in [0.25, 0.3) is 5.69 Å². The number of carbonyl (C=O) groups excluding carboxylic acids is 1. The molecule has 0 bridgehead atoms. The molecule has 0 saturated heterocycles. The van der Waals surface area contributed by atoms with Crippen molar-refractivity contribution in [3.63, 3.8) is 0 Å². The van der Waals surface area contributed by atoms with E-state index in [1.54, 1.807) is 17.1 Å². The monoisotopic (exact) mass is 279 g/mol. The lowest BCUT2D eigenvalue weighted by atomic mass is 10.2. The summed E-state index contributed by atoms with van der Waals surface area (Å²) < 4.78 is 1.69. The molecule has 0 aliphatic heterocycles. The van der Waals surface area contributed by atoms with E-state index in [1.165, 1.54) is 6.20 Å². The highest BCUT2D eigenvalue weighted by Crippen LogP contribution is 2.19. The van der Waals surface area contributed by atoms with Crippen LogP contribution in [-0.4, -0.2) is 25.7 Å². The van der Waals surface area contributed by atoms with Crippen molar-refractivity contribution in [3.05, 3.63) is 66.5 Å². The standard InChI is InChI=1S/C15H13N5O/c1-11-9-17-13(10-16-11)15(21)19-12-5-2-3-6-14(12)20-8-4-7-18-20/h2-10H,1H3,(H,19,21). The number of nitrogens with zero attached hydrogens (tertiary/aromatic N) is 4. The van der Waals surface area contributed by atoms with Crippen LogP contribution >= 0.6 is 0 Å². The topological polar surface area (TPSA) is 72.7 Å². The zero-order chi connectivity index (χ0) is 14.7. The molecular weight excluding hydrogens is 266 g/mol. The first-order valence-electron chi connectivity index (χ1n) is 6.43. The minimum atomic E-state index is -0.304. The molecular formula is C15H13N5O. The molecule has 3 rings (SSSR count). The number of nitrogens with one attached hydrogen (secondary N) is 1. The van der Waals surface area contributed by atoms with Gasteiger partial charge < -0.3 is 5.32 Å². The molecule has 6 nitrogen and oxygen atoms in total. The van der Waals surface area contributed by atoms with Crippen molar-refractivity contribution < 1.29 is 4.79 Å². The predicted molar refractivity (Wildman–Crippen MR) is 78.3 cm³/mol. The van der Waals surface area contributed by atoms with Gasteiger partial charge in [-0.1, -0.05) is 12.1 Å². The van der Waals surface area contributed by atoms with E-state index in [0.717, 1.165) is 11.4 Å². The van der Waals surface area contributed by atoms with Crippen LogP contribution in [0, 0.1) is 6.92 Å². The summed E-state index contributed by atoms with van der Waals surface area (Å²) in [4.78, 5) is 20.3. The van der Waals surface area contributed by atoms with Gasteiger partial charge in [-0.05, 0) is 25.1 Å². The third kappa shape index (κ3) is 2.79. The predicted octanol–water partition coefficient (Wildman–Crippen LogP) is 2.22. The molecule has 0 radical (unpaired) electrons. The van der Waals surface area contributed by atoms with E-state index in [1.807, 2.05) is 43.5 Å². The molecule has 21 heavy (non-hydrogen) atoms. The van der Waals surface area contributed by atoms with E-state index in [9.17, 15) is 4.79 Å². The highest BCUT2D eigenvalue weighted by atomic mass is 16.1. The van der Waals surface area contributed by atoms with Crippen molar-refractivity contribution in [1.82, 2.24) is 19.7 Å². The molecule has 0 saturated carbocycles. The summed E-state index contributed by atoms with van der Waals surface area (Å²) >= 11 is 0. The minimum Gasteiger partial charge on any atom is -0.319 e. The molecule has 0 aliphatic rings. The summed E-state index contributed by atoms with van der Waals surface area (Å²) in [6.07, 6.45) is 6.52. The molecule has 0 spiro atoms. The fourth-order valence-corrected chi connectivity index (χ4v) is 1.89. The van der Waals surface area contributed by atoms with E-state index >= 15 is 0 Å². The van der Waals surface area contributed by atoms with Crippen molar-refractivity contribution in [2.45, 2.75) is 6.92 Å². The molecule has 0 aliphatic carbocycles. The van der Waals surface area contributed by atoms with Gasteiger partial charge in [0.25, 0.3) is 5.91 Å². The molecule has 6 heteroatoms. The minimum absolute atomic E-state index is 0.274. The van der Waals surface area contributed by atoms with Gasteiger partial charge in [0.1, 0.15) is 5.69 Å². The number of hydrogen-bond donors (Lipinski definition) is 1. The van der Waals surface area contributed by atoms with Gasteiger partial charge in [0.15, 0.2) is 0 Å². The van der Waals surface area contributed by atoms with Gasteiger partial charge in [-0.25, -0.2) is 9.67 Å². The van der Waals surface area contributed by atoms with Crippen LogP contribution < -0.4 is 5.32 Å². The van der Waals surface area contributed by atoms with Gasteiger partial charge >= 0.3 is 0 Å². The highest BCUT2D eigenvalue weighted by Gasteiger charge is 2.11. The fourth-order valence-electron chi connectivity index (χ4n) is 1.89. The van der Waals surface area contributed by atoms with Crippen molar-refractivity contribution in [3.8, 4) is 5.69 Å². The molecule has 0 unspecified atom stereocenters. The average Bonchev–Trinajstić information content (AvgIpc) is 3.02. The van der Waals surface area contributed by atoms with E-state index in [0.29, 0.717) is 5.69 Å².